The quantitative estimate of drug-likeness (QED) is 0.609. The summed E-state index contributed by atoms with van der Waals surface area (Å²) in [4.78, 5) is 0. The minimum Gasteiger partial charge on any atom is -0.316 e. The summed E-state index contributed by atoms with van der Waals surface area (Å²) in [6.07, 6.45) is 10.2. The molecule has 0 bridgehead atoms. The Labute approximate surface area is 119 Å². The van der Waals surface area contributed by atoms with Crippen molar-refractivity contribution < 1.29 is 0 Å². The first-order chi connectivity index (χ1) is 8.68. The van der Waals surface area contributed by atoms with Gasteiger partial charge in [-0.2, -0.15) is 11.8 Å². The van der Waals surface area contributed by atoms with E-state index in [0.29, 0.717) is 5.41 Å². The van der Waals surface area contributed by atoms with Crippen LogP contribution in [0.3, 0.4) is 0 Å². The van der Waals surface area contributed by atoms with Gasteiger partial charge in [0.2, 0.25) is 0 Å². The third-order valence-corrected chi connectivity index (χ3v) is 5.15. The molecular formula is C16H33NS. The lowest BCUT2D eigenvalue weighted by Crippen LogP contribution is -2.37. The molecule has 0 unspecified atom stereocenters. The minimum absolute atomic E-state index is 0.640. The summed E-state index contributed by atoms with van der Waals surface area (Å²) in [5.41, 5.74) is 0.640. The highest BCUT2D eigenvalue weighted by Gasteiger charge is 2.30. The summed E-state index contributed by atoms with van der Waals surface area (Å²) >= 11 is 2.10. The summed E-state index contributed by atoms with van der Waals surface area (Å²) < 4.78 is 0. The second kappa shape index (κ2) is 9.25. The van der Waals surface area contributed by atoms with Gasteiger partial charge in [-0.1, -0.05) is 40.0 Å². The van der Waals surface area contributed by atoms with Crippen LogP contribution in [-0.2, 0) is 0 Å². The van der Waals surface area contributed by atoms with Crippen LogP contribution < -0.4 is 5.32 Å². The molecule has 1 saturated carbocycles. The van der Waals surface area contributed by atoms with Crippen molar-refractivity contribution in [3.63, 3.8) is 0 Å². The maximum Gasteiger partial charge on any atom is 0.000792 e. The zero-order chi connectivity index (χ0) is 13.3. The van der Waals surface area contributed by atoms with Crippen LogP contribution in [0.1, 0.15) is 65.7 Å². The standard InChI is InChI=1S/C16H33NS/c1-4-18-12-8-11-16(9-6-5-7-10-16)14-17-13-15(2)3/h15,17H,4-14H2,1-3H3. The van der Waals surface area contributed by atoms with E-state index in [9.17, 15) is 0 Å². The molecule has 0 atom stereocenters. The molecule has 0 heterocycles. The number of rotatable bonds is 9. The fourth-order valence-corrected chi connectivity index (χ4v) is 3.77. The molecule has 0 aromatic rings. The van der Waals surface area contributed by atoms with Gasteiger partial charge in [-0.3, -0.25) is 0 Å². The first-order valence-electron chi connectivity index (χ1n) is 7.97. The van der Waals surface area contributed by atoms with Crippen LogP contribution in [0, 0.1) is 11.3 Å². The van der Waals surface area contributed by atoms with E-state index in [0.717, 1.165) is 5.92 Å². The van der Waals surface area contributed by atoms with Crippen molar-refractivity contribution in [1.82, 2.24) is 5.32 Å². The zero-order valence-electron chi connectivity index (χ0n) is 12.8. The van der Waals surface area contributed by atoms with Gasteiger partial charge in [0.1, 0.15) is 0 Å². The molecule has 0 amide bonds. The average molecular weight is 272 g/mol. The van der Waals surface area contributed by atoms with E-state index in [4.69, 9.17) is 0 Å². The first-order valence-corrected chi connectivity index (χ1v) is 9.12. The number of thioether (sulfide) groups is 1. The second-order valence-corrected chi connectivity index (χ2v) is 7.78. The van der Waals surface area contributed by atoms with Crippen molar-refractivity contribution in [1.29, 1.82) is 0 Å². The Hall–Kier alpha value is 0.310. The molecule has 1 N–H and O–H groups in total. The topological polar surface area (TPSA) is 12.0 Å². The van der Waals surface area contributed by atoms with Gasteiger partial charge in [0.15, 0.2) is 0 Å². The Morgan fingerprint density at radius 3 is 2.50 bits per heavy atom. The summed E-state index contributed by atoms with van der Waals surface area (Å²) in [7, 11) is 0. The van der Waals surface area contributed by atoms with Gasteiger partial charge in [0.05, 0.1) is 0 Å². The summed E-state index contributed by atoms with van der Waals surface area (Å²) in [5.74, 6) is 3.42. The SMILES string of the molecule is CCSCCCC1(CNCC(C)C)CCCCC1. The fraction of sp³-hybridized carbons (Fsp3) is 1.00. The van der Waals surface area contributed by atoms with Crippen LogP contribution in [0.5, 0.6) is 0 Å². The van der Waals surface area contributed by atoms with Gasteiger partial charge in [-0.15, -0.1) is 0 Å². The number of hydrogen-bond donors (Lipinski definition) is 1. The monoisotopic (exact) mass is 271 g/mol. The minimum atomic E-state index is 0.640. The largest absolute Gasteiger partial charge is 0.316 e. The third-order valence-electron chi connectivity index (χ3n) is 4.17. The van der Waals surface area contributed by atoms with Crippen molar-refractivity contribution in [2.45, 2.75) is 65.7 Å². The summed E-state index contributed by atoms with van der Waals surface area (Å²) in [5, 5.41) is 3.73. The molecule has 0 aromatic heterocycles. The molecule has 1 aliphatic carbocycles. The van der Waals surface area contributed by atoms with E-state index in [1.54, 1.807) is 0 Å². The lowest BCUT2D eigenvalue weighted by Gasteiger charge is -2.38. The molecule has 2 heteroatoms. The Morgan fingerprint density at radius 2 is 1.89 bits per heavy atom. The molecule has 0 spiro atoms. The molecule has 0 radical (unpaired) electrons. The van der Waals surface area contributed by atoms with Crippen LogP contribution in [0.25, 0.3) is 0 Å². The van der Waals surface area contributed by atoms with Crippen LogP contribution in [0.4, 0.5) is 0 Å². The molecular weight excluding hydrogens is 238 g/mol. The van der Waals surface area contributed by atoms with Gasteiger partial charge in [-0.25, -0.2) is 0 Å². The van der Waals surface area contributed by atoms with Crippen molar-refractivity contribution >= 4 is 11.8 Å². The van der Waals surface area contributed by atoms with Crippen LogP contribution >= 0.6 is 11.8 Å². The van der Waals surface area contributed by atoms with Crippen LogP contribution in [0.2, 0.25) is 0 Å². The first kappa shape index (κ1) is 16.4. The Morgan fingerprint density at radius 1 is 1.17 bits per heavy atom. The highest BCUT2D eigenvalue weighted by Crippen LogP contribution is 2.40. The molecule has 1 fully saturated rings. The predicted molar refractivity (Wildman–Crippen MR) is 85.5 cm³/mol. The molecule has 18 heavy (non-hydrogen) atoms. The maximum absolute atomic E-state index is 3.73. The second-order valence-electron chi connectivity index (χ2n) is 6.39. The Kier molecular flexibility index (Phi) is 8.41. The van der Waals surface area contributed by atoms with E-state index in [2.05, 4.69) is 37.8 Å². The van der Waals surface area contributed by atoms with Crippen molar-refractivity contribution in [3.05, 3.63) is 0 Å². The highest BCUT2D eigenvalue weighted by molar-refractivity contribution is 7.99. The molecule has 0 saturated heterocycles. The molecule has 0 aromatic carbocycles. The fourth-order valence-electron chi connectivity index (χ4n) is 3.14. The van der Waals surface area contributed by atoms with Crippen LogP contribution in [0.15, 0.2) is 0 Å². The predicted octanol–water partition coefficient (Wildman–Crippen LogP) is 4.72. The zero-order valence-corrected chi connectivity index (χ0v) is 13.6. The molecule has 108 valence electrons. The highest BCUT2D eigenvalue weighted by atomic mass is 32.2. The van der Waals surface area contributed by atoms with E-state index >= 15 is 0 Å². The Bertz CT molecular complexity index is 197. The summed E-state index contributed by atoms with van der Waals surface area (Å²) in [6.45, 7) is 9.33. The van der Waals surface area contributed by atoms with Crippen molar-refractivity contribution in [3.8, 4) is 0 Å². The summed E-state index contributed by atoms with van der Waals surface area (Å²) in [6, 6.07) is 0. The van der Waals surface area contributed by atoms with E-state index in [1.807, 2.05) is 0 Å². The van der Waals surface area contributed by atoms with E-state index in [1.165, 1.54) is 69.5 Å². The lowest BCUT2D eigenvalue weighted by atomic mass is 9.71. The van der Waals surface area contributed by atoms with Gasteiger partial charge in [0.25, 0.3) is 0 Å². The molecule has 1 nitrogen and oxygen atoms in total. The smallest absolute Gasteiger partial charge is 0.000792 e. The number of nitrogens with one attached hydrogen (secondary N) is 1. The van der Waals surface area contributed by atoms with E-state index < -0.39 is 0 Å². The van der Waals surface area contributed by atoms with Gasteiger partial charge >= 0.3 is 0 Å². The lowest BCUT2D eigenvalue weighted by molar-refractivity contribution is 0.164. The van der Waals surface area contributed by atoms with Gasteiger partial charge in [-0.05, 0) is 55.1 Å². The number of hydrogen-bond acceptors (Lipinski definition) is 2. The van der Waals surface area contributed by atoms with Crippen molar-refractivity contribution in [2.24, 2.45) is 11.3 Å². The average Bonchev–Trinajstić information content (AvgIpc) is 2.36. The maximum atomic E-state index is 3.73. The third kappa shape index (κ3) is 6.47. The van der Waals surface area contributed by atoms with E-state index in [-0.39, 0.29) is 0 Å². The molecule has 1 rings (SSSR count). The normalized spacial score (nSPS) is 19.3. The van der Waals surface area contributed by atoms with Crippen LogP contribution in [-0.4, -0.2) is 24.6 Å². The van der Waals surface area contributed by atoms with Gasteiger partial charge in [0, 0.05) is 6.54 Å². The molecule has 0 aliphatic heterocycles. The van der Waals surface area contributed by atoms with Gasteiger partial charge < -0.3 is 5.32 Å². The molecule has 1 aliphatic rings. The van der Waals surface area contributed by atoms with Crippen molar-refractivity contribution in [2.75, 3.05) is 24.6 Å². The Balaban J connectivity index is 2.32.